The standard InChI is InChI=1S/C12H14O3/c1-10(7-8-13)9-15-12(14)11-5-3-2-4-6-11/h2-6,13H,1,7-9H2. The Labute approximate surface area is 89.0 Å². The van der Waals surface area contributed by atoms with Crippen LogP contribution in [-0.2, 0) is 4.74 Å². The predicted octanol–water partition coefficient (Wildman–Crippen LogP) is 1.78. The van der Waals surface area contributed by atoms with E-state index in [-0.39, 0.29) is 19.2 Å². The monoisotopic (exact) mass is 206 g/mol. The molecule has 80 valence electrons. The van der Waals surface area contributed by atoms with Crippen molar-refractivity contribution >= 4 is 5.97 Å². The lowest BCUT2D eigenvalue weighted by Crippen LogP contribution is -2.08. The Morgan fingerprint density at radius 1 is 1.33 bits per heavy atom. The quantitative estimate of drug-likeness (QED) is 0.590. The first-order chi connectivity index (χ1) is 7.24. The van der Waals surface area contributed by atoms with Gasteiger partial charge in [-0.15, -0.1) is 0 Å². The molecule has 0 aliphatic heterocycles. The van der Waals surface area contributed by atoms with Crippen LogP contribution >= 0.6 is 0 Å². The van der Waals surface area contributed by atoms with Gasteiger partial charge in [0.15, 0.2) is 0 Å². The molecule has 0 saturated heterocycles. The summed E-state index contributed by atoms with van der Waals surface area (Å²) in [6.45, 7) is 3.86. The fourth-order valence-electron chi connectivity index (χ4n) is 1.06. The molecule has 0 amide bonds. The molecule has 0 radical (unpaired) electrons. The van der Waals surface area contributed by atoms with Gasteiger partial charge in [-0.3, -0.25) is 0 Å². The number of aliphatic hydroxyl groups excluding tert-OH is 1. The van der Waals surface area contributed by atoms with E-state index in [0.29, 0.717) is 17.6 Å². The Hall–Kier alpha value is -1.61. The van der Waals surface area contributed by atoms with E-state index in [0.717, 1.165) is 0 Å². The molecule has 0 aromatic heterocycles. The Morgan fingerprint density at radius 2 is 2.00 bits per heavy atom. The van der Waals surface area contributed by atoms with E-state index in [1.807, 2.05) is 6.07 Å². The minimum Gasteiger partial charge on any atom is -0.458 e. The third kappa shape index (κ3) is 3.95. The number of benzene rings is 1. The number of ether oxygens (including phenoxy) is 1. The molecule has 0 saturated carbocycles. The normalized spacial score (nSPS) is 9.67. The molecule has 0 fully saturated rings. The van der Waals surface area contributed by atoms with Crippen molar-refractivity contribution in [2.24, 2.45) is 0 Å². The van der Waals surface area contributed by atoms with Gasteiger partial charge < -0.3 is 9.84 Å². The summed E-state index contributed by atoms with van der Waals surface area (Å²) < 4.78 is 4.99. The zero-order chi connectivity index (χ0) is 11.1. The Kier molecular flexibility index (Phi) is 4.57. The summed E-state index contributed by atoms with van der Waals surface area (Å²) in [6.07, 6.45) is 0.460. The van der Waals surface area contributed by atoms with E-state index < -0.39 is 0 Å². The molecule has 3 heteroatoms. The van der Waals surface area contributed by atoms with Gasteiger partial charge in [-0.05, 0) is 24.1 Å². The van der Waals surface area contributed by atoms with Gasteiger partial charge in [-0.2, -0.15) is 0 Å². The summed E-state index contributed by atoms with van der Waals surface area (Å²) in [5.41, 5.74) is 1.23. The van der Waals surface area contributed by atoms with E-state index in [4.69, 9.17) is 9.84 Å². The van der Waals surface area contributed by atoms with Crippen LogP contribution < -0.4 is 0 Å². The van der Waals surface area contributed by atoms with Crippen molar-refractivity contribution in [3.63, 3.8) is 0 Å². The number of carbonyl (C=O) groups is 1. The molecule has 0 aliphatic carbocycles. The highest BCUT2D eigenvalue weighted by Gasteiger charge is 2.05. The smallest absolute Gasteiger partial charge is 0.338 e. The van der Waals surface area contributed by atoms with Gasteiger partial charge in [0.05, 0.1) is 5.56 Å². The summed E-state index contributed by atoms with van der Waals surface area (Å²) in [7, 11) is 0. The molecule has 0 unspecified atom stereocenters. The molecule has 1 N–H and O–H groups in total. The minimum absolute atomic E-state index is 0.0295. The minimum atomic E-state index is -0.366. The van der Waals surface area contributed by atoms with Crippen LogP contribution in [0.5, 0.6) is 0 Å². The summed E-state index contributed by atoms with van der Waals surface area (Å²) in [5, 5.41) is 8.62. The van der Waals surface area contributed by atoms with Gasteiger partial charge in [-0.1, -0.05) is 24.8 Å². The average molecular weight is 206 g/mol. The first-order valence-corrected chi connectivity index (χ1v) is 4.73. The molecule has 0 aliphatic rings. The lowest BCUT2D eigenvalue weighted by atomic mass is 10.2. The second-order valence-corrected chi connectivity index (χ2v) is 3.17. The molecule has 1 aromatic carbocycles. The Morgan fingerprint density at radius 3 is 2.60 bits per heavy atom. The van der Waals surface area contributed by atoms with Crippen LogP contribution in [0.15, 0.2) is 42.5 Å². The molecule has 3 nitrogen and oxygen atoms in total. The highest BCUT2D eigenvalue weighted by Crippen LogP contribution is 2.04. The maximum Gasteiger partial charge on any atom is 0.338 e. The highest BCUT2D eigenvalue weighted by molar-refractivity contribution is 5.89. The van der Waals surface area contributed by atoms with Gasteiger partial charge in [-0.25, -0.2) is 4.79 Å². The Bertz CT molecular complexity index is 330. The second kappa shape index (κ2) is 5.98. The van der Waals surface area contributed by atoms with Gasteiger partial charge >= 0.3 is 5.97 Å². The molecule has 0 heterocycles. The number of esters is 1. The fourth-order valence-corrected chi connectivity index (χ4v) is 1.06. The van der Waals surface area contributed by atoms with Crippen molar-refractivity contribution in [2.45, 2.75) is 6.42 Å². The van der Waals surface area contributed by atoms with Gasteiger partial charge in [0, 0.05) is 6.61 Å². The van der Waals surface area contributed by atoms with Crippen molar-refractivity contribution in [3.05, 3.63) is 48.0 Å². The van der Waals surface area contributed by atoms with Crippen molar-refractivity contribution in [1.29, 1.82) is 0 Å². The van der Waals surface area contributed by atoms with E-state index in [1.165, 1.54) is 0 Å². The van der Waals surface area contributed by atoms with Crippen molar-refractivity contribution in [2.75, 3.05) is 13.2 Å². The van der Waals surface area contributed by atoms with E-state index in [1.54, 1.807) is 24.3 Å². The number of aliphatic hydroxyl groups is 1. The van der Waals surface area contributed by atoms with Gasteiger partial charge in [0.25, 0.3) is 0 Å². The third-order valence-electron chi connectivity index (χ3n) is 1.88. The SMILES string of the molecule is C=C(CCO)COC(=O)c1ccccc1. The summed E-state index contributed by atoms with van der Waals surface area (Å²) >= 11 is 0. The first kappa shape index (κ1) is 11.5. The summed E-state index contributed by atoms with van der Waals surface area (Å²) in [5.74, 6) is -0.366. The molecular weight excluding hydrogens is 192 g/mol. The van der Waals surface area contributed by atoms with Crippen LogP contribution in [0.2, 0.25) is 0 Å². The molecular formula is C12H14O3. The third-order valence-corrected chi connectivity index (χ3v) is 1.88. The zero-order valence-corrected chi connectivity index (χ0v) is 8.48. The maximum atomic E-state index is 11.4. The Balaban J connectivity index is 2.40. The van der Waals surface area contributed by atoms with Crippen molar-refractivity contribution in [3.8, 4) is 0 Å². The van der Waals surface area contributed by atoms with Crippen LogP contribution in [-0.4, -0.2) is 24.3 Å². The molecule has 0 bridgehead atoms. The van der Waals surface area contributed by atoms with Crippen LogP contribution in [0.3, 0.4) is 0 Å². The summed E-state index contributed by atoms with van der Waals surface area (Å²) in [6, 6.07) is 8.77. The maximum absolute atomic E-state index is 11.4. The van der Waals surface area contributed by atoms with E-state index >= 15 is 0 Å². The number of hydrogen-bond donors (Lipinski definition) is 1. The molecule has 0 spiro atoms. The molecule has 0 atom stereocenters. The van der Waals surface area contributed by atoms with Gasteiger partial charge in [0.2, 0.25) is 0 Å². The lowest BCUT2D eigenvalue weighted by Gasteiger charge is -2.05. The largest absolute Gasteiger partial charge is 0.458 e. The number of hydrogen-bond acceptors (Lipinski definition) is 3. The summed E-state index contributed by atoms with van der Waals surface area (Å²) in [4.78, 5) is 11.4. The average Bonchev–Trinajstić information content (AvgIpc) is 2.27. The van der Waals surface area contributed by atoms with Crippen LogP contribution in [0.25, 0.3) is 0 Å². The number of rotatable bonds is 5. The van der Waals surface area contributed by atoms with Crippen LogP contribution in [0.4, 0.5) is 0 Å². The van der Waals surface area contributed by atoms with Crippen LogP contribution in [0.1, 0.15) is 16.8 Å². The van der Waals surface area contributed by atoms with E-state index in [2.05, 4.69) is 6.58 Å². The van der Waals surface area contributed by atoms with Crippen molar-refractivity contribution < 1.29 is 14.6 Å². The lowest BCUT2D eigenvalue weighted by molar-refractivity contribution is 0.0535. The second-order valence-electron chi connectivity index (χ2n) is 3.17. The predicted molar refractivity (Wildman–Crippen MR) is 57.6 cm³/mol. The van der Waals surface area contributed by atoms with Crippen molar-refractivity contribution in [1.82, 2.24) is 0 Å². The molecule has 1 aromatic rings. The van der Waals surface area contributed by atoms with Crippen LogP contribution in [0, 0.1) is 0 Å². The van der Waals surface area contributed by atoms with E-state index in [9.17, 15) is 4.79 Å². The number of carbonyl (C=O) groups excluding carboxylic acids is 1. The van der Waals surface area contributed by atoms with Gasteiger partial charge in [0.1, 0.15) is 6.61 Å². The topological polar surface area (TPSA) is 46.5 Å². The molecule has 15 heavy (non-hydrogen) atoms. The molecule has 1 rings (SSSR count). The zero-order valence-electron chi connectivity index (χ0n) is 8.48. The fraction of sp³-hybridized carbons (Fsp3) is 0.250. The first-order valence-electron chi connectivity index (χ1n) is 4.73. The highest BCUT2D eigenvalue weighted by atomic mass is 16.5.